The summed E-state index contributed by atoms with van der Waals surface area (Å²) in [6.07, 6.45) is -4.55. The maximum atomic E-state index is 18.0. The summed E-state index contributed by atoms with van der Waals surface area (Å²) in [7, 11) is 0. The van der Waals surface area contributed by atoms with E-state index in [0.29, 0.717) is 0 Å². The first-order valence-electron chi connectivity index (χ1n) is 25.7. The molecule has 2 atom stereocenters. The number of alkyl halides is 1. The first-order valence-corrected chi connectivity index (χ1v) is 25.7. The van der Waals surface area contributed by atoms with Gasteiger partial charge in [0.1, 0.15) is 46.9 Å². The summed E-state index contributed by atoms with van der Waals surface area (Å²) < 4.78 is 647. The maximum Gasteiger partial charge on any atom is 0.200 e. The van der Waals surface area contributed by atoms with Crippen molar-refractivity contribution in [2.45, 2.75) is 19.0 Å². The van der Waals surface area contributed by atoms with Crippen LogP contribution in [0.4, 0.5) is 180 Å². The standard InChI is InChI=1S/C61H5F41/c1-2-3(4-42(83)50(91)58(99)51(92)43(4)84)28(69)29(70)5(21(2)62)6-22(63)7(24(65)9(23(6)64)12-30(71)36(77)15(37(78)31(12)72)18-44(85)52(93)59(100)53(94)45(18)86)8-25(66)10(13-32(73)38(79)16(39(80)33(13)74)19-46(87)54(95)60(101)55(96)47(19)88)27(68)11(26(8)67)14-34(75)40(81)17(41(82)35(14)76)20-48(89)56(97)61(102)57(98)49(20)90/h5,21H,1H3. The minimum Gasteiger partial charge on any atom is -0.241 e. The predicted molar refractivity (Wildman–Crippen MR) is 259 cm³/mol. The van der Waals surface area contributed by atoms with Gasteiger partial charge in [-0.3, -0.25) is 0 Å². The van der Waals surface area contributed by atoms with Gasteiger partial charge in [-0.25, -0.2) is 180 Å². The molecule has 0 saturated heterocycles. The van der Waals surface area contributed by atoms with Crippen LogP contribution < -0.4 is 0 Å². The molecule has 9 aromatic rings. The minimum atomic E-state index is -4.69. The Bertz CT molecular complexity index is 5060. The van der Waals surface area contributed by atoms with Gasteiger partial charge in [0.25, 0.3) is 0 Å². The van der Waals surface area contributed by atoms with E-state index in [1.165, 1.54) is 0 Å². The number of halogens is 41. The van der Waals surface area contributed by atoms with Crippen LogP contribution in [0.15, 0.2) is 17.2 Å². The average Bonchev–Trinajstić information content (AvgIpc) is 0.705. The molecule has 0 heterocycles. The second-order valence-electron chi connectivity index (χ2n) is 20.6. The van der Waals surface area contributed by atoms with E-state index in [1.54, 1.807) is 0 Å². The average molecular weight is 1520 g/mol. The third-order valence-corrected chi connectivity index (χ3v) is 15.4. The van der Waals surface area contributed by atoms with Crippen molar-refractivity contribution in [2.75, 3.05) is 0 Å². The lowest BCUT2D eigenvalue weighted by Crippen LogP contribution is -2.26. The second kappa shape index (κ2) is 25.3. The zero-order chi connectivity index (χ0) is 76.6. The number of hydrogen-bond acceptors (Lipinski definition) is 0. The van der Waals surface area contributed by atoms with Crippen molar-refractivity contribution in [3.05, 3.63) is 249 Å². The highest BCUT2D eigenvalue weighted by molar-refractivity contribution is 5.90. The largest absolute Gasteiger partial charge is 0.241 e. The predicted octanol–water partition coefficient (Wildman–Crippen LogP) is 22.7. The van der Waals surface area contributed by atoms with Gasteiger partial charge in [0.15, 0.2) is 169 Å². The zero-order valence-corrected chi connectivity index (χ0v) is 46.7. The van der Waals surface area contributed by atoms with E-state index < -0.39 is 345 Å². The SMILES string of the molecule is CC1=C(c2c(F)c(F)c(F)c(F)c2F)C(F)=C(F)C(c2c(F)c(-c3c(F)c(F)c(-c4c(F)c(F)c(F)c(F)c4F)c(F)c3F)c(F)c(-c3c(F)c(-c4c(F)c(F)c(-c5c(F)c(F)c(F)c(F)c5F)c(F)c4F)c(F)c(-c4c(F)c(F)c(-c5c(F)c(F)c(F)c(F)c5F)c(F)c4F)c3F)c2F)C1F. The van der Waals surface area contributed by atoms with E-state index in [2.05, 4.69) is 0 Å². The Balaban J connectivity index is 1.45. The van der Waals surface area contributed by atoms with Crippen LogP contribution in [-0.2, 0) is 0 Å². The molecule has 0 radical (unpaired) electrons. The molecule has 1 aliphatic carbocycles. The number of rotatable bonds is 9. The molecule has 102 heavy (non-hydrogen) atoms. The molecular weight excluding hydrogens is 1510 g/mol. The monoisotopic (exact) mass is 1520 g/mol. The molecule has 0 amide bonds. The highest BCUT2D eigenvalue weighted by Gasteiger charge is 2.50. The summed E-state index contributed by atoms with van der Waals surface area (Å²) in [5.41, 5.74) is -61.6. The summed E-state index contributed by atoms with van der Waals surface area (Å²) in [6.45, 7) is -0.255. The van der Waals surface area contributed by atoms with Crippen LogP contribution in [0.1, 0.15) is 24.0 Å². The van der Waals surface area contributed by atoms with Gasteiger partial charge in [-0.2, -0.15) is 0 Å². The van der Waals surface area contributed by atoms with Crippen LogP contribution in [-0.4, -0.2) is 6.17 Å². The van der Waals surface area contributed by atoms with E-state index in [9.17, 15) is 52.7 Å². The topological polar surface area (TPSA) is 0 Å². The van der Waals surface area contributed by atoms with Gasteiger partial charge >= 0.3 is 0 Å². The molecule has 1 aliphatic rings. The van der Waals surface area contributed by atoms with Crippen LogP contribution in [0, 0.1) is 221 Å². The quantitative estimate of drug-likeness (QED) is 0.0768. The molecule has 0 nitrogen and oxygen atoms in total. The van der Waals surface area contributed by atoms with Crippen molar-refractivity contribution < 1.29 is 180 Å². The van der Waals surface area contributed by atoms with Gasteiger partial charge in [0, 0.05) is 11.1 Å². The molecule has 41 heteroatoms. The van der Waals surface area contributed by atoms with Crippen LogP contribution >= 0.6 is 0 Å². The smallest absolute Gasteiger partial charge is 0.200 e. The number of benzene rings is 9. The lowest BCUT2D eigenvalue weighted by molar-refractivity contribution is 0.295. The summed E-state index contributed by atoms with van der Waals surface area (Å²) in [5.74, 6) is -151. The minimum absolute atomic E-state index is 0.255. The van der Waals surface area contributed by atoms with Gasteiger partial charge in [-0.1, -0.05) is 0 Å². The normalized spacial score (nSPS) is 14.3. The van der Waals surface area contributed by atoms with Crippen LogP contribution in [0.25, 0.3) is 83.5 Å². The first-order chi connectivity index (χ1) is 47.2. The number of allylic oxidation sites excluding steroid dienone is 4. The Hall–Kier alpha value is -10.4. The molecule has 0 aromatic heterocycles. The summed E-state index contributed by atoms with van der Waals surface area (Å²) in [4.78, 5) is 0. The van der Waals surface area contributed by atoms with Crippen molar-refractivity contribution in [1.29, 1.82) is 0 Å². The van der Waals surface area contributed by atoms with Crippen LogP contribution in [0.5, 0.6) is 0 Å². The summed E-state index contributed by atoms with van der Waals surface area (Å²) >= 11 is 0. The van der Waals surface area contributed by atoms with Crippen molar-refractivity contribution in [3.8, 4) is 77.9 Å². The summed E-state index contributed by atoms with van der Waals surface area (Å²) in [5, 5.41) is 0. The Morgan fingerprint density at radius 3 is 0.461 bits per heavy atom. The molecule has 536 valence electrons. The molecule has 0 saturated carbocycles. The first kappa shape index (κ1) is 74.3. The van der Waals surface area contributed by atoms with Gasteiger partial charge < -0.3 is 0 Å². The maximum absolute atomic E-state index is 18.0. The van der Waals surface area contributed by atoms with E-state index in [-0.39, 0.29) is 6.92 Å². The molecule has 9 aromatic carbocycles. The molecule has 10 rings (SSSR count). The van der Waals surface area contributed by atoms with Gasteiger partial charge in [0.2, 0.25) is 23.3 Å². The Morgan fingerprint density at radius 1 is 0.157 bits per heavy atom. The molecule has 0 bridgehead atoms. The highest BCUT2D eigenvalue weighted by Crippen LogP contribution is 2.56. The van der Waals surface area contributed by atoms with E-state index in [0.717, 1.165) is 0 Å². The lowest BCUT2D eigenvalue weighted by atomic mass is 9.77. The molecule has 0 spiro atoms. The molecule has 0 N–H and O–H groups in total. The van der Waals surface area contributed by atoms with E-state index in [1.807, 2.05) is 0 Å². The van der Waals surface area contributed by atoms with Crippen molar-refractivity contribution >= 4 is 5.57 Å². The fourth-order valence-electron chi connectivity index (χ4n) is 10.8. The van der Waals surface area contributed by atoms with Gasteiger partial charge in [-0.05, 0) is 12.5 Å². The Morgan fingerprint density at radius 2 is 0.284 bits per heavy atom. The van der Waals surface area contributed by atoms with E-state index >= 15 is 127 Å². The van der Waals surface area contributed by atoms with Gasteiger partial charge in [0.05, 0.1) is 89.4 Å². The highest BCUT2D eigenvalue weighted by atomic mass is 19.2. The fourth-order valence-corrected chi connectivity index (χ4v) is 10.8. The Labute approximate surface area is 531 Å². The second-order valence-corrected chi connectivity index (χ2v) is 20.6. The molecular formula is C61H5F41. The Kier molecular flexibility index (Phi) is 18.4. The van der Waals surface area contributed by atoms with Crippen molar-refractivity contribution in [2.24, 2.45) is 0 Å². The van der Waals surface area contributed by atoms with Gasteiger partial charge in [-0.15, -0.1) is 0 Å². The molecule has 0 aliphatic heterocycles. The molecule has 0 fully saturated rings. The third-order valence-electron chi connectivity index (χ3n) is 15.4. The van der Waals surface area contributed by atoms with Crippen molar-refractivity contribution in [1.82, 2.24) is 0 Å². The zero-order valence-electron chi connectivity index (χ0n) is 46.7. The van der Waals surface area contributed by atoms with Crippen LogP contribution in [0.3, 0.4) is 0 Å². The summed E-state index contributed by atoms with van der Waals surface area (Å²) in [6, 6.07) is 0. The van der Waals surface area contributed by atoms with E-state index in [4.69, 9.17) is 0 Å². The van der Waals surface area contributed by atoms with Crippen molar-refractivity contribution in [3.63, 3.8) is 0 Å². The third kappa shape index (κ3) is 9.97. The fraction of sp³-hybridized carbons (Fsp3) is 0.0492. The number of hydrogen-bond donors (Lipinski definition) is 0. The molecule has 2 unspecified atom stereocenters. The lowest BCUT2D eigenvalue weighted by Gasteiger charge is -2.30. The van der Waals surface area contributed by atoms with Crippen LogP contribution in [0.2, 0.25) is 0 Å².